The van der Waals surface area contributed by atoms with Gasteiger partial charge in [0.05, 0.1) is 12.7 Å². The van der Waals surface area contributed by atoms with Crippen molar-refractivity contribution in [1.82, 2.24) is 4.98 Å². The molecule has 1 aliphatic rings. The molecule has 2 aromatic rings. The van der Waals surface area contributed by atoms with Crippen molar-refractivity contribution >= 4 is 0 Å². The lowest BCUT2D eigenvalue weighted by Crippen LogP contribution is -2.05. The maximum atomic E-state index is 6.08. The lowest BCUT2D eigenvalue weighted by molar-refractivity contribution is 0.291. The van der Waals surface area contributed by atoms with Crippen LogP contribution in [0.4, 0.5) is 0 Å². The third kappa shape index (κ3) is 2.34. The SMILES string of the molecule is COc1ncccc1COc1cccc2c1CCC2N. The standard InChI is InChI=1S/C16H18N2O2/c1-19-16-11(4-3-9-18-16)10-20-15-6-2-5-12-13(15)7-8-14(12)17/h2-6,9,14H,7-8,10,17H2,1H3. The first kappa shape index (κ1) is 12.9. The van der Waals surface area contributed by atoms with Crippen molar-refractivity contribution in [2.75, 3.05) is 7.11 Å². The lowest BCUT2D eigenvalue weighted by Gasteiger charge is -2.12. The monoisotopic (exact) mass is 270 g/mol. The van der Waals surface area contributed by atoms with Gasteiger partial charge in [-0.1, -0.05) is 12.1 Å². The molecule has 1 heterocycles. The molecule has 0 saturated heterocycles. The summed E-state index contributed by atoms with van der Waals surface area (Å²) >= 11 is 0. The van der Waals surface area contributed by atoms with Crippen molar-refractivity contribution in [3.05, 3.63) is 53.2 Å². The van der Waals surface area contributed by atoms with Crippen molar-refractivity contribution in [3.8, 4) is 11.6 Å². The molecule has 0 aliphatic heterocycles. The van der Waals surface area contributed by atoms with E-state index in [1.165, 1.54) is 11.1 Å². The number of ether oxygens (including phenoxy) is 2. The van der Waals surface area contributed by atoms with Gasteiger partial charge >= 0.3 is 0 Å². The van der Waals surface area contributed by atoms with E-state index in [1.54, 1.807) is 13.3 Å². The number of hydrogen-bond donors (Lipinski definition) is 1. The number of aromatic nitrogens is 1. The molecule has 1 unspecified atom stereocenters. The van der Waals surface area contributed by atoms with Crippen molar-refractivity contribution in [2.45, 2.75) is 25.5 Å². The summed E-state index contributed by atoms with van der Waals surface area (Å²) in [5.41, 5.74) is 9.47. The normalized spacial score (nSPS) is 16.8. The number of benzene rings is 1. The molecule has 1 aliphatic carbocycles. The van der Waals surface area contributed by atoms with E-state index in [4.69, 9.17) is 15.2 Å². The van der Waals surface area contributed by atoms with Gasteiger partial charge in [-0.05, 0) is 42.2 Å². The molecular formula is C16H18N2O2. The quantitative estimate of drug-likeness (QED) is 0.927. The second-order valence-corrected chi connectivity index (χ2v) is 4.93. The Hall–Kier alpha value is -2.07. The van der Waals surface area contributed by atoms with Crippen LogP contribution in [0.3, 0.4) is 0 Å². The summed E-state index contributed by atoms with van der Waals surface area (Å²) < 4.78 is 11.2. The van der Waals surface area contributed by atoms with Crippen LogP contribution >= 0.6 is 0 Å². The van der Waals surface area contributed by atoms with Gasteiger partial charge in [-0.15, -0.1) is 0 Å². The highest BCUT2D eigenvalue weighted by molar-refractivity contribution is 5.45. The molecule has 1 atom stereocenters. The van der Waals surface area contributed by atoms with Crippen LogP contribution in [0.25, 0.3) is 0 Å². The van der Waals surface area contributed by atoms with E-state index in [1.807, 2.05) is 24.3 Å². The maximum Gasteiger partial charge on any atom is 0.219 e. The van der Waals surface area contributed by atoms with Crippen molar-refractivity contribution in [2.24, 2.45) is 5.73 Å². The van der Waals surface area contributed by atoms with Gasteiger partial charge in [0.1, 0.15) is 12.4 Å². The van der Waals surface area contributed by atoms with Crippen LogP contribution in [-0.4, -0.2) is 12.1 Å². The molecule has 0 bridgehead atoms. The highest BCUT2D eigenvalue weighted by Gasteiger charge is 2.22. The minimum atomic E-state index is 0.140. The molecule has 1 aromatic carbocycles. The van der Waals surface area contributed by atoms with Gasteiger partial charge in [0.25, 0.3) is 0 Å². The molecule has 4 heteroatoms. The van der Waals surface area contributed by atoms with Crippen LogP contribution in [0.5, 0.6) is 11.6 Å². The Morgan fingerprint density at radius 3 is 3.05 bits per heavy atom. The fourth-order valence-corrected chi connectivity index (χ4v) is 2.66. The van der Waals surface area contributed by atoms with Gasteiger partial charge in [-0.25, -0.2) is 4.98 Å². The van der Waals surface area contributed by atoms with Crippen LogP contribution in [0.2, 0.25) is 0 Å². The summed E-state index contributed by atoms with van der Waals surface area (Å²) in [7, 11) is 1.62. The molecular weight excluding hydrogens is 252 g/mol. The minimum Gasteiger partial charge on any atom is -0.488 e. The van der Waals surface area contributed by atoms with Crippen molar-refractivity contribution < 1.29 is 9.47 Å². The van der Waals surface area contributed by atoms with Crippen LogP contribution in [-0.2, 0) is 13.0 Å². The fourth-order valence-electron chi connectivity index (χ4n) is 2.66. The maximum absolute atomic E-state index is 6.08. The van der Waals surface area contributed by atoms with Crippen LogP contribution in [0.15, 0.2) is 36.5 Å². The molecule has 0 radical (unpaired) electrons. The Morgan fingerprint density at radius 1 is 1.30 bits per heavy atom. The van der Waals surface area contributed by atoms with E-state index in [-0.39, 0.29) is 6.04 Å². The number of nitrogens with two attached hydrogens (primary N) is 1. The number of hydrogen-bond acceptors (Lipinski definition) is 4. The third-order valence-electron chi connectivity index (χ3n) is 3.70. The summed E-state index contributed by atoms with van der Waals surface area (Å²) in [5.74, 6) is 1.53. The van der Waals surface area contributed by atoms with E-state index in [0.29, 0.717) is 12.5 Å². The average molecular weight is 270 g/mol. The van der Waals surface area contributed by atoms with Gasteiger partial charge in [0, 0.05) is 12.2 Å². The molecule has 0 spiro atoms. The van der Waals surface area contributed by atoms with Crippen LogP contribution < -0.4 is 15.2 Å². The van der Waals surface area contributed by atoms with Crippen molar-refractivity contribution in [3.63, 3.8) is 0 Å². The molecule has 2 N–H and O–H groups in total. The first-order valence-electron chi connectivity index (χ1n) is 6.77. The summed E-state index contributed by atoms with van der Waals surface area (Å²) in [6.45, 7) is 0.447. The first-order valence-corrected chi connectivity index (χ1v) is 6.77. The number of pyridine rings is 1. The smallest absolute Gasteiger partial charge is 0.219 e. The van der Waals surface area contributed by atoms with E-state index in [9.17, 15) is 0 Å². The summed E-state index contributed by atoms with van der Waals surface area (Å²) in [5, 5.41) is 0. The fraction of sp³-hybridized carbons (Fsp3) is 0.312. The zero-order valence-electron chi connectivity index (χ0n) is 11.5. The lowest BCUT2D eigenvalue weighted by atomic mass is 10.1. The van der Waals surface area contributed by atoms with E-state index < -0.39 is 0 Å². The highest BCUT2D eigenvalue weighted by Crippen LogP contribution is 2.35. The molecule has 0 saturated carbocycles. The topological polar surface area (TPSA) is 57.4 Å². The highest BCUT2D eigenvalue weighted by atomic mass is 16.5. The Labute approximate surface area is 118 Å². The average Bonchev–Trinajstić information content (AvgIpc) is 2.88. The van der Waals surface area contributed by atoms with E-state index >= 15 is 0 Å². The molecule has 104 valence electrons. The van der Waals surface area contributed by atoms with Crippen molar-refractivity contribution in [1.29, 1.82) is 0 Å². The number of rotatable bonds is 4. The van der Waals surface area contributed by atoms with E-state index in [2.05, 4.69) is 11.1 Å². The summed E-state index contributed by atoms with van der Waals surface area (Å²) in [6, 6.07) is 10.1. The molecule has 4 nitrogen and oxygen atoms in total. The Kier molecular flexibility index (Phi) is 3.56. The van der Waals surface area contributed by atoms with Gasteiger partial charge < -0.3 is 15.2 Å². The number of methoxy groups -OCH3 is 1. The van der Waals surface area contributed by atoms with Gasteiger partial charge in [-0.2, -0.15) is 0 Å². The first-order chi connectivity index (χ1) is 9.79. The molecule has 0 fully saturated rings. The molecule has 20 heavy (non-hydrogen) atoms. The Bertz CT molecular complexity index is 613. The minimum absolute atomic E-state index is 0.140. The molecule has 0 amide bonds. The van der Waals surface area contributed by atoms with Crippen LogP contribution in [0, 0.1) is 0 Å². The summed E-state index contributed by atoms with van der Waals surface area (Å²) in [4.78, 5) is 4.17. The second kappa shape index (κ2) is 5.51. The zero-order chi connectivity index (χ0) is 13.9. The largest absolute Gasteiger partial charge is 0.488 e. The van der Waals surface area contributed by atoms with Crippen LogP contribution in [0.1, 0.15) is 29.2 Å². The second-order valence-electron chi connectivity index (χ2n) is 4.93. The Morgan fingerprint density at radius 2 is 2.20 bits per heavy atom. The predicted molar refractivity (Wildman–Crippen MR) is 76.8 cm³/mol. The van der Waals surface area contributed by atoms with Gasteiger partial charge in [-0.3, -0.25) is 0 Å². The Balaban J connectivity index is 1.80. The molecule has 1 aromatic heterocycles. The number of nitrogens with zero attached hydrogens (tertiary/aromatic N) is 1. The predicted octanol–water partition coefficient (Wildman–Crippen LogP) is 2.62. The molecule has 3 rings (SSSR count). The summed E-state index contributed by atoms with van der Waals surface area (Å²) in [6.07, 6.45) is 3.68. The van der Waals surface area contributed by atoms with Gasteiger partial charge in [0.2, 0.25) is 5.88 Å². The number of fused-ring (bicyclic) bond motifs is 1. The zero-order valence-corrected chi connectivity index (χ0v) is 11.5. The third-order valence-corrected chi connectivity index (χ3v) is 3.70. The van der Waals surface area contributed by atoms with E-state index in [0.717, 1.165) is 24.2 Å². The van der Waals surface area contributed by atoms with Gasteiger partial charge in [0.15, 0.2) is 0 Å².